The van der Waals surface area contributed by atoms with Gasteiger partial charge in [0.1, 0.15) is 79.9 Å². The van der Waals surface area contributed by atoms with Gasteiger partial charge in [0.15, 0.2) is 11.3 Å². The lowest BCUT2D eigenvalue weighted by Crippen LogP contribution is -2.41. The highest BCUT2D eigenvalue weighted by atomic mass is 127. The Morgan fingerprint density at radius 1 is 0.611 bits per heavy atom. The van der Waals surface area contributed by atoms with Crippen LogP contribution in [0.5, 0.6) is 23.0 Å². The molecule has 20 heteroatoms. The van der Waals surface area contributed by atoms with Crippen molar-refractivity contribution < 1.29 is 37.2 Å². The van der Waals surface area contributed by atoms with Crippen LogP contribution in [0.4, 0.5) is 20.4 Å². The lowest BCUT2D eigenvalue weighted by Gasteiger charge is -2.32. The van der Waals surface area contributed by atoms with E-state index in [4.69, 9.17) is 30.2 Å². The fourth-order valence-corrected chi connectivity index (χ4v) is 9.47. The number of nitrogen functional groups attached to an aromatic ring is 2. The second kappa shape index (κ2) is 21.1. The maximum Gasteiger partial charge on any atom is 0.497 e. The molecule has 370 valence electrons. The van der Waals surface area contributed by atoms with Crippen molar-refractivity contribution in [2.24, 2.45) is 0 Å². The fourth-order valence-electron chi connectivity index (χ4n) is 8.72. The number of nitrogens with two attached hydrogens (primary N) is 2. The summed E-state index contributed by atoms with van der Waals surface area (Å²) in [6.45, 7) is 7.77. The zero-order valence-corrected chi connectivity index (χ0v) is 42.3. The Morgan fingerprint density at radius 2 is 1.07 bits per heavy atom. The molecule has 3 aliphatic rings. The minimum Gasteiger partial charge on any atom is -0.457 e. The van der Waals surface area contributed by atoms with E-state index >= 15 is 4.39 Å². The molecule has 4 aromatic carbocycles. The standard InChI is InChI=1S/C23H20FN5O2.C18H20BFO3.C11H12IN5O/c24-19-12-17(31-16-4-2-1-3-5-16)10-11-18(19)21-20-22(25)26-13-27-23(20)29(28-21)14-6-8-15(30)9-7-14;1-17(2)18(3,4)23-19(22-17)15-11-10-14(12-16(15)20)21-13-8-6-5-7-9-13;12-9-8-10(13)14-5-15-11(8)17(16-9)6-1-3-7(18)4-2-6/h1-5,10-14H,6-9H2,(H2,25,26,27);5-12H,1-4H3;5-6H,1-4H2,(H2,13,14,15). The number of para-hydroxylation sites is 2. The van der Waals surface area contributed by atoms with Crippen LogP contribution in [0.1, 0.15) is 91.1 Å². The van der Waals surface area contributed by atoms with Crippen molar-refractivity contribution in [2.75, 3.05) is 11.5 Å². The SMILES string of the molecule is CC1(C)OB(c2ccc(Oc3ccccc3)cc2F)OC1(C)C.Nc1ncnc2c1c(-c1ccc(Oc3ccccc3)cc1F)nn2C1CCC(=O)CC1.Nc1ncnc2c1c(I)nn2C1CCC(=O)CC1. The second-order valence-corrected chi connectivity index (χ2v) is 19.7. The van der Waals surface area contributed by atoms with E-state index < -0.39 is 30.0 Å². The molecular formula is C52H52BF2IN10O6. The van der Waals surface area contributed by atoms with E-state index in [1.54, 1.807) is 41.1 Å². The third kappa shape index (κ3) is 10.8. The number of halogens is 3. The van der Waals surface area contributed by atoms with Gasteiger partial charge in [-0.05, 0) is 118 Å². The van der Waals surface area contributed by atoms with Gasteiger partial charge in [0.2, 0.25) is 0 Å². The van der Waals surface area contributed by atoms with Gasteiger partial charge in [-0.1, -0.05) is 42.5 Å². The highest BCUT2D eigenvalue weighted by Gasteiger charge is 2.52. The first-order valence-corrected chi connectivity index (χ1v) is 24.7. The van der Waals surface area contributed by atoms with Crippen LogP contribution in [0.3, 0.4) is 0 Å². The van der Waals surface area contributed by atoms with Crippen LogP contribution in [0.2, 0.25) is 0 Å². The molecule has 1 saturated heterocycles. The van der Waals surface area contributed by atoms with Gasteiger partial charge in [-0.15, -0.1) is 0 Å². The van der Waals surface area contributed by atoms with Crippen molar-refractivity contribution in [3.05, 3.63) is 125 Å². The van der Waals surface area contributed by atoms with Gasteiger partial charge in [-0.3, -0.25) is 9.59 Å². The number of hydrogen-bond acceptors (Lipinski definition) is 14. The Hall–Kier alpha value is -6.91. The van der Waals surface area contributed by atoms with Crippen LogP contribution in [0.25, 0.3) is 33.3 Å². The van der Waals surface area contributed by atoms with Gasteiger partial charge in [0.05, 0.1) is 34.1 Å². The Kier molecular flexibility index (Phi) is 14.6. The van der Waals surface area contributed by atoms with E-state index in [0.717, 1.165) is 27.6 Å². The number of benzene rings is 4. The molecule has 2 saturated carbocycles. The second-order valence-electron chi connectivity index (χ2n) is 18.7. The molecule has 4 aromatic heterocycles. The Balaban J connectivity index is 0.000000139. The minimum atomic E-state index is -0.717. The van der Waals surface area contributed by atoms with Crippen LogP contribution in [0, 0.1) is 15.3 Å². The number of carbonyl (C=O) groups is 2. The zero-order chi connectivity index (χ0) is 50.7. The van der Waals surface area contributed by atoms with E-state index in [-0.39, 0.29) is 29.2 Å². The summed E-state index contributed by atoms with van der Waals surface area (Å²) in [4.78, 5) is 39.7. The van der Waals surface area contributed by atoms with Crippen LogP contribution in [-0.4, -0.2) is 69.4 Å². The van der Waals surface area contributed by atoms with Gasteiger partial charge in [-0.2, -0.15) is 10.2 Å². The number of carbonyl (C=O) groups excluding carboxylic acids is 2. The summed E-state index contributed by atoms with van der Waals surface area (Å²) in [5, 5.41) is 10.5. The monoisotopic (exact) mass is 1090 g/mol. The van der Waals surface area contributed by atoms with Crippen molar-refractivity contribution in [3.63, 3.8) is 0 Å². The van der Waals surface area contributed by atoms with Gasteiger partial charge in [0, 0.05) is 48.8 Å². The number of ether oxygens (including phenoxy) is 2. The van der Waals surface area contributed by atoms with E-state index in [0.29, 0.717) is 95.3 Å². The highest BCUT2D eigenvalue weighted by Crippen LogP contribution is 2.39. The van der Waals surface area contributed by atoms with Gasteiger partial charge in [-0.25, -0.2) is 38.1 Å². The van der Waals surface area contributed by atoms with Crippen LogP contribution < -0.4 is 26.4 Å². The van der Waals surface area contributed by atoms with Crippen molar-refractivity contribution in [2.45, 2.75) is 102 Å². The molecule has 11 rings (SSSR count). The van der Waals surface area contributed by atoms with Gasteiger partial charge >= 0.3 is 7.12 Å². The molecular weight excluding hydrogens is 1040 g/mol. The average Bonchev–Trinajstić information content (AvgIpc) is 3.99. The maximum absolute atomic E-state index is 15.1. The average molecular weight is 1090 g/mol. The van der Waals surface area contributed by atoms with Crippen molar-refractivity contribution in [1.29, 1.82) is 0 Å². The first-order valence-electron chi connectivity index (χ1n) is 23.6. The first-order chi connectivity index (χ1) is 34.5. The number of Topliss-reactive ketones (excluding diaryl/α,β-unsaturated/α-hetero) is 2. The lowest BCUT2D eigenvalue weighted by atomic mass is 9.78. The zero-order valence-electron chi connectivity index (χ0n) is 40.1. The normalized spacial score (nSPS) is 16.8. The van der Waals surface area contributed by atoms with Crippen LogP contribution in [0.15, 0.2) is 110 Å². The molecule has 3 fully saturated rings. The number of rotatable bonds is 8. The van der Waals surface area contributed by atoms with E-state index in [1.165, 1.54) is 24.8 Å². The Labute approximate surface area is 428 Å². The predicted molar refractivity (Wildman–Crippen MR) is 278 cm³/mol. The quantitative estimate of drug-likeness (QED) is 0.107. The Morgan fingerprint density at radius 3 is 1.57 bits per heavy atom. The molecule has 0 spiro atoms. The van der Waals surface area contributed by atoms with E-state index in [2.05, 4.69) is 52.7 Å². The first kappa shape index (κ1) is 50.1. The number of anilines is 2. The maximum atomic E-state index is 15.1. The third-order valence-electron chi connectivity index (χ3n) is 13.3. The third-order valence-corrected chi connectivity index (χ3v) is 14.1. The molecule has 8 aromatic rings. The van der Waals surface area contributed by atoms with Crippen molar-refractivity contribution >= 4 is 80.4 Å². The van der Waals surface area contributed by atoms with Crippen molar-refractivity contribution in [3.8, 4) is 34.3 Å². The number of ketones is 2. The minimum absolute atomic E-state index is 0.00648. The van der Waals surface area contributed by atoms with Crippen molar-refractivity contribution in [1.82, 2.24) is 39.5 Å². The molecule has 0 radical (unpaired) electrons. The summed E-state index contributed by atoms with van der Waals surface area (Å²) in [6.07, 6.45) is 8.10. The topological polar surface area (TPSA) is 210 Å². The molecule has 0 atom stereocenters. The highest BCUT2D eigenvalue weighted by molar-refractivity contribution is 14.1. The molecule has 1 aliphatic heterocycles. The molecule has 72 heavy (non-hydrogen) atoms. The fraction of sp³-hybridized carbons (Fsp3) is 0.308. The number of nitrogens with zero attached hydrogens (tertiary/aromatic N) is 8. The summed E-state index contributed by atoms with van der Waals surface area (Å²) < 4.78 is 57.2. The lowest BCUT2D eigenvalue weighted by molar-refractivity contribution is -0.121. The smallest absolute Gasteiger partial charge is 0.457 e. The van der Waals surface area contributed by atoms with Crippen LogP contribution in [-0.2, 0) is 18.9 Å². The number of fused-ring (bicyclic) bond motifs is 2. The van der Waals surface area contributed by atoms with Gasteiger partial charge in [0.25, 0.3) is 0 Å². The Bertz CT molecular complexity index is 3230. The van der Waals surface area contributed by atoms with Crippen LogP contribution >= 0.6 is 22.6 Å². The predicted octanol–water partition coefficient (Wildman–Crippen LogP) is 10.3. The summed E-state index contributed by atoms with van der Waals surface area (Å²) in [7, 11) is -0.717. The summed E-state index contributed by atoms with van der Waals surface area (Å²) in [5.74, 6) is 2.50. The molecule has 5 heterocycles. The molecule has 2 aliphatic carbocycles. The van der Waals surface area contributed by atoms with E-state index in [1.807, 2.05) is 80.9 Å². The largest absolute Gasteiger partial charge is 0.497 e. The summed E-state index contributed by atoms with van der Waals surface area (Å²) >= 11 is 2.15. The molecule has 16 nitrogen and oxygen atoms in total. The summed E-state index contributed by atoms with van der Waals surface area (Å²) in [6, 6.07) is 28.0. The molecule has 0 amide bonds. The van der Waals surface area contributed by atoms with Gasteiger partial charge < -0.3 is 30.2 Å². The number of hydrogen-bond donors (Lipinski definition) is 2. The molecule has 0 unspecified atom stereocenters. The number of aromatic nitrogens is 8. The molecule has 0 bridgehead atoms. The molecule has 4 N–H and O–H groups in total. The van der Waals surface area contributed by atoms with E-state index in [9.17, 15) is 14.0 Å². The summed E-state index contributed by atoms with van der Waals surface area (Å²) in [5.41, 5.74) is 13.4.